The fourth-order valence-electron chi connectivity index (χ4n) is 2.93. The fraction of sp³-hybridized carbons (Fsp3) is 0.600. The average Bonchev–Trinajstić information content (AvgIpc) is 2.50. The van der Waals surface area contributed by atoms with Crippen LogP contribution < -0.4 is 10.9 Å². The molecule has 1 aromatic rings. The Balaban J connectivity index is 2.17. The molecule has 0 aromatic carbocycles. The van der Waals surface area contributed by atoms with E-state index < -0.39 is 22.9 Å². The third-order valence-corrected chi connectivity index (χ3v) is 4.55. The first-order chi connectivity index (χ1) is 10.4. The van der Waals surface area contributed by atoms with E-state index in [2.05, 4.69) is 15.5 Å². The third kappa shape index (κ3) is 3.03. The van der Waals surface area contributed by atoms with E-state index in [0.717, 1.165) is 19.3 Å². The third-order valence-electron chi connectivity index (χ3n) is 4.55. The van der Waals surface area contributed by atoms with Crippen LogP contribution in [0.25, 0.3) is 0 Å². The number of rotatable bonds is 4. The van der Waals surface area contributed by atoms with Crippen molar-refractivity contribution in [2.24, 2.45) is 5.41 Å². The van der Waals surface area contributed by atoms with E-state index in [9.17, 15) is 19.5 Å². The summed E-state index contributed by atoms with van der Waals surface area (Å²) in [5, 5.41) is 18.2. The van der Waals surface area contributed by atoms with E-state index in [1.807, 2.05) is 0 Å². The van der Waals surface area contributed by atoms with Gasteiger partial charge in [0.15, 0.2) is 0 Å². The van der Waals surface area contributed by atoms with Crippen molar-refractivity contribution in [2.45, 2.75) is 46.0 Å². The number of nitrogens with zero attached hydrogens (tertiary/aromatic N) is 1. The molecule has 1 heterocycles. The molecular weight excluding hydrogens is 286 g/mol. The Kier molecular flexibility index (Phi) is 4.63. The molecule has 0 bridgehead atoms. The number of carbonyl (C=O) groups excluding carboxylic acids is 1. The quantitative estimate of drug-likeness (QED) is 0.772. The highest BCUT2D eigenvalue weighted by Crippen LogP contribution is 2.36. The lowest BCUT2D eigenvalue weighted by atomic mass is 9.74. The molecule has 1 amide bonds. The van der Waals surface area contributed by atoms with Gasteiger partial charge in [-0.2, -0.15) is 5.10 Å². The Labute approximate surface area is 128 Å². The summed E-state index contributed by atoms with van der Waals surface area (Å²) >= 11 is 0. The van der Waals surface area contributed by atoms with Crippen molar-refractivity contribution in [3.05, 3.63) is 27.2 Å². The summed E-state index contributed by atoms with van der Waals surface area (Å²) in [5.74, 6) is -1.43. The van der Waals surface area contributed by atoms with Crippen LogP contribution in [0.2, 0.25) is 0 Å². The number of aliphatic carboxylic acids is 1. The maximum atomic E-state index is 12.3. The number of carboxylic acids is 1. The van der Waals surface area contributed by atoms with Crippen LogP contribution in [0.4, 0.5) is 0 Å². The number of hydrogen-bond donors (Lipinski definition) is 3. The van der Waals surface area contributed by atoms with Crippen LogP contribution in [0, 0.1) is 19.3 Å². The van der Waals surface area contributed by atoms with Crippen LogP contribution in [-0.2, 0) is 4.79 Å². The smallest absolute Gasteiger partial charge is 0.311 e. The monoisotopic (exact) mass is 307 g/mol. The van der Waals surface area contributed by atoms with Crippen molar-refractivity contribution >= 4 is 11.9 Å². The Morgan fingerprint density at radius 2 is 1.91 bits per heavy atom. The second-order valence-electron chi connectivity index (χ2n) is 5.97. The average molecular weight is 307 g/mol. The van der Waals surface area contributed by atoms with Gasteiger partial charge in [0.25, 0.3) is 11.5 Å². The van der Waals surface area contributed by atoms with E-state index in [4.69, 9.17) is 0 Å². The van der Waals surface area contributed by atoms with Gasteiger partial charge in [0, 0.05) is 6.54 Å². The van der Waals surface area contributed by atoms with Crippen molar-refractivity contribution in [1.82, 2.24) is 15.5 Å². The second kappa shape index (κ2) is 6.29. The first-order valence-electron chi connectivity index (χ1n) is 7.45. The van der Waals surface area contributed by atoms with Gasteiger partial charge < -0.3 is 10.4 Å². The molecule has 120 valence electrons. The molecule has 0 aliphatic heterocycles. The number of H-pyrrole nitrogens is 1. The molecule has 1 aliphatic rings. The second-order valence-corrected chi connectivity index (χ2v) is 5.97. The summed E-state index contributed by atoms with van der Waals surface area (Å²) in [6.07, 6.45) is 3.80. The van der Waals surface area contributed by atoms with Crippen LogP contribution in [0.5, 0.6) is 0 Å². The molecule has 0 radical (unpaired) electrons. The number of aryl methyl sites for hydroxylation is 1. The molecule has 0 saturated heterocycles. The molecule has 1 saturated carbocycles. The SMILES string of the molecule is Cc1n[nH]c(=O)c(C(=O)NCC2(C(=O)O)CCCCC2)c1C. The summed E-state index contributed by atoms with van der Waals surface area (Å²) < 4.78 is 0. The van der Waals surface area contributed by atoms with E-state index in [0.29, 0.717) is 24.1 Å². The van der Waals surface area contributed by atoms with Gasteiger partial charge >= 0.3 is 5.97 Å². The Hall–Kier alpha value is -2.18. The summed E-state index contributed by atoms with van der Waals surface area (Å²) in [6.45, 7) is 3.39. The number of aromatic amines is 1. The van der Waals surface area contributed by atoms with Gasteiger partial charge in [-0.15, -0.1) is 0 Å². The van der Waals surface area contributed by atoms with Crippen molar-refractivity contribution in [1.29, 1.82) is 0 Å². The zero-order valence-corrected chi connectivity index (χ0v) is 12.9. The molecule has 0 spiro atoms. The van der Waals surface area contributed by atoms with Crippen LogP contribution in [-0.4, -0.2) is 33.7 Å². The normalized spacial score (nSPS) is 17.0. The van der Waals surface area contributed by atoms with E-state index in [1.54, 1.807) is 13.8 Å². The molecule has 1 fully saturated rings. The number of carbonyl (C=O) groups is 2. The predicted octanol–water partition coefficient (Wildman–Crippen LogP) is 1.15. The van der Waals surface area contributed by atoms with E-state index in [1.165, 1.54) is 0 Å². The van der Waals surface area contributed by atoms with Crippen molar-refractivity contribution < 1.29 is 14.7 Å². The van der Waals surface area contributed by atoms with E-state index >= 15 is 0 Å². The lowest BCUT2D eigenvalue weighted by Gasteiger charge is -2.33. The molecule has 2 rings (SSSR count). The zero-order chi connectivity index (χ0) is 16.3. The largest absolute Gasteiger partial charge is 0.481 e. The molecular formula is C15H21N3O4. The predicted molar refractivity (Wildman–Crippen MR) is 79.8 cm³/mol. The highest BCUT2D eigenvalue weighted by atomic mass is 16.4. The minimum Gasteiger partial charge on any atom is -0.481 e. The molecule has 0 unspecified atom stereocenters. The number of amides is 1. The van der Waals surface area contributed by atoms with Crippen LogP contribution >= 0.6 is 0 Å². The van der Waals surface area contributed by atoms with Gasteiger partial charge in [0.05, 0.1) is 11.1 Å². The maximum Gasteiger partial charge on any atom is 0.311 e. The van der Waals surface area contributed by atoms with Gasteiger partial charge in [-0.1, -0.05) is 19.3 Å². The van der Waals surface area contributed by atoms with Gasteiger partial charge in [-0.3, -0.25) is 14.4 Å². The topological polar surface area (TPSA) is 112 Å². The zero-order valence-electron chi connectivity index (χ0n) is 12.9. The number of hydrogen-bond acceptors (Lipinski definition) is 4. The molecule has 22 heavy (non-hydrogen) atoms. The summed E-state index contributed by atoms with van der Waals surface area (Å²) in [5.41, 5.74) is -0.404. The molecule has 1 aromatic heterocycles. The van der Waals surface area contributed by atoms with Gasteiger partial charge in [0.1, 0.15) is 5.56 Å². The molecule has 0 atom stereocenters. The van der Waals surface area contributed by atoms with Gasteiger partial charge in [0.2, 0.25) is 0 Å². The first kappa shape index (κ1) is 16.2. The number of carboxylic acid groups (broad SMARTS) is 1. The number of nitrogens with one attached hydrogen (secondary N) is 2. The molecule has 3 N–H and O–H groups in total. The van der Waals surface area contributed by atoms with Crippen LogP contribution in [0.15, 0.2) is 4.79 Å². The fourth-order valence-corrected chi connectivity index (χ4v) is 2.93. The van der Waals surface area contributed by atoms with Crippen molar-refractivity contribution in [2.75, 3.05) is 6.54 Å². The Morgan fingerprint density at radius 1 is 1.27 bits per heavy atom. The summed E-state index contributed by atoms with van der Waals surface area (Å²) in [6, 6.07) is 0. The highest BCUT2D eigenvalue weighted by molar-refractivity contribution is 5.95. The van der Waals surface area contributed by atoms with Gasteiger partial charge in [-0.05, 0) is 32.3 Å². The molecule has 1 aliphatic carbocycles. The molecule has 7 heteroatoms. The molecule has 7 nitrogen and oxygen atoms in total. The summed E-state index contributed by atoms with van der Waals surface area (Å²) in [7, 11) is 0. The Morgan fingerprint density at radius 3 is 2.50 bits per heavy atom. The standard InChI is InChI=1S/C15H21N3O4/c1-9-10(2)17-18-13(20)11(9)12(19)16-8-15(14(21)22)6-4-3-5-7-15/h3-8H2,1-2H3,(H,16,19)(H,18,20)(H,21,22). The lowest BCUT2D eigenvalue weighted by molar-refractivity contribution is -0.150. The van der Waals surface area contributed by atoms with Crippen molar-refractivity contribution in [3.63, 3.8) is 0 Å². The van der Waals surface area contributed by atoms with Crippen LogP contribution in [0.3, 0.4) is 0 Å². The lowest BCUT2D eigenvalue weighted by Crippen LogP contribution is -2.45. The minimum atomic E-state index is -0.920. The van der Waals surface area contributed by atoms with Crippen molar-refractivity contribution in [3.8, 4) is 0 Å². The highest BCUT2D eigenvalue weighted by Gasteiger charge is 2.40. The Bertz CT molecular complexity index is 645. The first-order valence-corrected chi connectivity index (χ1v) is 7.45. The van der Waals surface area contributed by atoms with Crippen LogP contribution in [0.1, 0.15) is 53.7 Å². The van der Waals surface area contributed by atoms with E-state index in [-0.39, 0.29) is 12.1 Å². The summed E-state index contributed by atoms with van der Waals surface area (Å²) in [4.78, 5) is 35.7. The maximum absolute atomic E-state index is 12.3. The minimum absolute atomic E-state index is 0.00356. The van der Waals surface area contributed by atoms with Gasteiger partial charge in [-0.25, -0.2) is 5.10 Å². The number of aromatic nitrogens is 2.